The zero-order chi connectivity index (χ0) is 84.2. The minimum absolute atomic E-state index is 0.536. The van der Waals surface area contributed by atoms with Crippen LogP contribution in [-0.4, -0.2) is 432 Å². The van der Waals surface area contributed by atoms with E-state index in [1.165, 1.54) is 0 Å². The molecule has 0 spiro atoms. The number of carbonyl (C=O) groups is 8. The van der Waals surface area contributed by atoms with E-state index in [1.54, 1.807) is 0 Å². The van der Waals surface area contributed by atoms with Crippen LogP contribution in [-0.2, 0) is 143 Å². The Hall–Kier alpha value is -6.12. The highest BCUT2D eigenvalue weighted by Crippen LogP contribution is 2.40. The van der Waals surface area contributed by atoms with Crippen molar-refractivity contribution in [2.24, 2.45) is 0 Å². The molecule has 646 valence electrons. The van der Waals surface area contributed by atoms with Crippen LogP contribution in [0.1, 0.15) is 27.7 Å². The van der Waals surface area contributed by atoms with Gasteiger partial charge in [-0.2, -0.15) is 16.8 Å². The first-order valence-electron chi connectivity index (χ1n) is 33.4. The van der Waals surface area contributed by atoms with Gasteiger partial charge in [0.25, 0.3) is 0 Å². The third-order valence-electron chi connectivity index (χ3n) is 18.3. The lowest BCUT2D eigenvalue weighted by Crippen LogP contribution is -2.71. The van der Waals surface area contributed by atoms with Gasteiger partial charge in [-0.05, 0) is 6.08 Å². The highest BCUT2D eigenvalue weighted by molar-refractivity contribution is 7.81. The van der Waals surface area contributed by atoms with Crippen molar-refractivity contribution in [3.8, 4) is 0 Å². The van der Waals surface area contributed by atoms with E-state index in [-0.39, 0.29) is 0 Å². The molecule has 8 heterocycles. The van der Waals surface area contributed by atoms with Crippen molar-refractivity contribution in [2.45, 2.75) is 261 Å². The summed E-state index contributed by atoms with van der Waals surface area (Å²) in [5, 5.41) is 208. The molecule has 0 radical (unpaired) electrons. The SMILES string of the molecule is CO[C@H]1O[C@H](CO)C(O[C@@H]2OC(C(=O)O)[C@@H](O[C@H]3O[C@H](COS(=O)(=O)O)C(O[C@@H]4OC(C(=O)O)[C@@H](O[C@H]5O[C@H](CO)C(O[C@@H]6OC(C(=O)O)[C@@H](O[C@H]7O[C@H](COS(=O)(=O)O)C(O[C@@H]8OC(C(=O)O)=C[C@H](O)C8O)[C@H](O)[C@H]7NC(C)=O)[C@H](O)[C@H]6O)[C@H](O)[C@H]5NC(C)=O)[C@H](O)[C@H]4O)[C@H](O)[C@H]3NC(C)=O)[C@H](O)[C@H]2O)[C@H](O)[C@H]1NC(C)=O. The highest BCUT2D eigenvalue weighted by atomic mass is 32.3. The maximum atomic E-state index is 13.2. The Morgan fingerprint density at radius 1 is 0.363 bits per heavy atom. The fraction of sp³-hybridized carbons (Fsp3) is 0.825. The van der Waals surface area contributed by atoms with Gasteiger partial charge in [0, 0.05) is 34.8 Å². The van der Waals surface area contributed by atoms with E-state index >= 15 is 0 Å². The molecule has 8 rings (SSSR count). The van der Waals surface area contributed by atoms with Gasteiger partial charge in [-0.25, -0.2) is 27.5 Å². The van der Waals surface area contributed by atoms with Crippen molar-refractivity contribution in [3.63, 3.8) is 0 Å². The summed E-state index contributed by atoms with van der Waals surface area (Å²) in [5.74, 6) is -13.2. The number of carbonyl (C=O) groups excluding carboxylic acids is 4. The lowest BCUT2D eigenvalue weighted by molar-refractivity contribution is -0.381. The van der Waals surface area contributed by atoms with Gasteiger partial charge in [0.1, 0.15) is 165 Å². The van der Waals surface area contributed by atoms with Crippen LogP contribution in [0, 0.1) is 0 Å². The molecule has 38 atom stereocenters. The van der Waals surface area contributed by atoms with Crippen LogP contribution in [0.3, 0.4) is 0 Å². The fourth-order valence-corrected chi connectivity index (χ4v) is 13.8. The fourth-order valence-electron chi connectivity index (χ4n) is 13.2. The first-order chi connectivity index (χ1) is 52.7. The lowest BCUT2D eigenvalue weighted by Gasteiger charge is -2.50. The minimum atomic E-state index is -5.58. The summed E-state index contributed by atoms with van der Waals surface area (Å²) in [7, 11) is -9.93. The predicted molar refractivity (Wildman–Crippen MR) is 337 cm³/mol. The number of carboxylic acid groups (broad SMARTS) is 4. The molecule has 0 bridgehead atoms. The van der Waals surface area contributed by atoms with Crippen LogP contribution < -0.4 is 21.3 Å². The minimum Gasteiger partial charge on any atom is -0.479 e. The number of carboxylic acids is 4. The first kappa shape index (κ1) is 92.4. The number of hydrogen-bond donors (Lipinski definition) is 24. The topological polar surface area (TPSA) is 824 Å². The van der Waals surface area contributed by atoms with E-state index in [9.17, 15) is 156 Å². The molecule has 8 unspecified atom stereocenters. The molecule has 8 aliphatic heterocycles. The third kappa shape index (κ3) is 22.0. The van der Waals surface area contributed by atoms with E-state index in [0.717, 1.165) is 34.8 Å². The van der Waals surface area contributed by atoms with E-state index in [0.29, 0.717) is 6.08 Å². The maximum absolute atomic E-state index is 13.2. The number of nitrogens with one attached hydrogen (secondary N) is 4. The molecule has 0 aromatic rings. The summed E-state index contributed by atoms with van der Waals surface area (Å²) in [4.78, 5) is 101. The molecule has 113 heavy (non-hydrogen) atoms. The van der Waals surface area contributed by atoms with Gasteiger partial charge < -0.3 is 189 Å². The number of rotatable bonds is 31. The molecule has 0 saturated carbocycles. The number of amides is 4. The van der Waals surface area contributed by atoms with Crippen molar-refractivity contribution in [1.29, 1.82) is 0 Å². The second-order valence-corrected chi connectivity index (χ2v) is 28.5. The van der Waals surface area contributed by atoms with Crippen LogP contribution in [0.4, 0.5) is 0 Å². The second-order valence-electron chi connectivity index (χ2n) is 26.3. The van der Waals surface area contributed by atoms with E-state index in [4.69, 9.17) is 75.8 Å². The summed E-state index contributed by atoms with van der Waals surface area (Å²) in [6.45, 7) is -1.79. The summed E-state index contributed by atoms with van der Waals surface area (Å²) in [6.07, 6.45) is -79.3. The van der Waals surface area contributed by atoms with E-state index in [1.807, 2.05) is 0 Å². The van der Waals surface area contributed by atoms with Crippen LogP contribution in [0.25, 0.3) is 0 Å². The molecule has 4 amide bonds. The number of methoxy groups -OCH3 is 1. The quantitative estimate of drug-likeness (QED) is 0.0287. The first-order valence-corrected chi connectivity index (χ1v) is 36.1. The molecular formula is C57H86N4O50S2. The Balaban J connectivity index is 0.990. The van der Waals surface area contributed by atoms with Gasteiger partial charge in [-0.15, -0.1) is 0 Å². The molecule has 0 aromatic carbocycles. The maximum Gasteiger partial charge on any atom is 0.397 e. The van der Waals surface area contributed by atoms with Crippen LogP contribution in [0.2, 0.25) is 0 Å². The summed E-state index contributed by atoms with van der Waals surface area (Å²) >= 11 is 0. The van der Waals surface area contributed by atoms with Crippen molar-refractivity contribution in [2.75, 3.05) is 33.5 Å². The average molecular weight is 1690 g/mol. The van der Waals surface area contributed by atoms with Gasteiger partial charge in [0.15, 0.2) is 62.3 Å². The van der Waals surface area contributed by atoms with E-state index < -0.39 is 334 Å². The number of hydrogen-bond acceptors (Lipinski definition) is 44. The molecule has 7 fully saturated rings. The highest BCUT2D eigenvalue weighted by Gasteiger charge is 2.62. The van der Waals surface area contributed by atoms with E-state index in [2.05, 4.69) is 29.6 Å². The van der Waals surface area contributed by atoms with Gasteiger partial charge >= 0.3 is 44.7 Å². The standard InChI is InChI=1S/C57H86N4O50S2/c1-11(64)58-21-26(70)36(17(7-62)98-50(21)94-5)102-55-33(77)30(74)41(44(109-55)48(84)85)108-53-24(61-14(4)67)29(73)39(20(101-53)10-96-113(91,92)93)105-57-35(79)32(76)40(43(111-57)47(82)83)106-51-22(59-12(2)65)27(71)37(18(8-63)99-51)103-56-34(78)31(75)42(45(110-56)49(86)87)107-52-23(60-13(3)66)28(72)38(19(100-52)9-95-112(88,89)90)104-54-25(69)15(68)6-16(97-54)46(80)81/h6,15,17-45,50-57,62-63,68-79H,7-10H2,1-5H3,(H,58,64)(H,59,65)(H,60,66)(H,61,67)(H,80,81)(H,82,83)(H,84,85)(H,86,87)(H,88,89,90)(H,91,92,93)/t15-,17+,18+,19+,20+,21+,22+,23+,24+,25?,26+,27+,28+,29+,30+,31+,32+,33+,34+,35+,36?,37?,38?,39?,40-,41-,42-,43?,44?,45?,50-,51+,52+,53+,54-,55+,56+,57+/m0/s1. The Morgan fingerprint density at radius 2 is 0.628 bits per heavy atom. The molecule has 0 aliphatic carbocycles. The molecule has 56 heteroatoms. The largest absolute Gasteiger partial charge is 0.479 e. The van der Waals surface area contributed by atoms with Gasteiger partial charge in [0.05, 0.1) is 26.4 Å². The van der Waals surface area contributed by atoms with Crippen molar-refractivity contribution >= 4 is 68.3 Å². The Morgan fingerprint density at radius 3 is 0.894 bits per heavy atom. The van der Waals surface area contributed by atoms with Crippen LogP contribution in [0.15, 0.2) is 11.8 Å². The van der Waals surface area contributed by atoms with Gasteiger partial charge in [-0.1, -0.05) is 0 Å². The Labute approximate surface area is 634 Å². The zero-order valence-electron chi connectivity index (χ0n) is 58.9. The summed E-state index contributed by atoms with van der Waals surface area (Å²) in [5.41, 5.74) is 0. The monoisotopic (exact) mass is 1690 g/mol. The predicted octanol–water partition coefficient (Wildman–Crippen LogP) is -16.0. The van der Waals surface area contributed by atoms with Crippen LogP contribution in [0.5, 0.6) is 0 Å². The molecule has 54 nitrogen and oxygen atoms in total. The zero-order valence-corrected chi connectivity index (χ0v) is 60.5. The Kier molecular flexibility index (Phi) is 31.5. The number of aliphatic hydroxyl groups excluding tert-OH is 14. The van der Waals surface area contributed by atoms with Gasteiger partial charge in [0.2, 0.25) is 35.7 Å². The normalized spacial score (nSPS) is 43.1. The summed E-state index contributed by atoms with van der Waals surface area (Å²) in [6, 6.07) is -7.93. The number of ether oxygens (including phenoxy) is 16. The van der Waals surface area contributed by atoms with Gasteiger partial charge in [-0.3, -0.25) is 28.3 Å². The molecule has 24 N–H and O–H groups in total. The van der Waals surface area contributed by atoms with Crippen molar-refractivity contribution < 1.29 is 240 Å². The molecule has 8 aliphatic rings. The molecule has 0 aromatic heterocycles. The Bertz CT molecular complexity index is 3590. The molecule has 7 saturated heterocycles. The van der Waals surface area contributed by atoms with Crippen molar-refractivity contribution in [3.05, 3.63) is 11.8 Å². The summed E-state index contributed by atoms with van der Waals surface area (Å²) < 4.78 is 165. The average Bonchev–Trinajstić information content (AvgIpc) is 0.763. The number of aliphatic hydroxyl groups is 14. The molecular weight excluding hydrogens is 1600 g/mol. The van der Waals surface area contributed by atoms with Crippen LogP contribution >= 0.6 is 0 Å². The lowest BCUT2D eigenvalue weighted by atomic mass is 9.93. The van der Waals surface area contributed by atoms with Crippen molar-refractivity contribution in [1.82, 2.24) is 21.3 Å². The second kappa shape index (κ2) is 38.5. The third-order valence-corrected chi connectivity index (χ3v) is 19.2. The number of aliphatic carboxylic acids is 4. The smallest absolute Gasteiger partial charge is 0.397 e.